The fourth-order valence-electron chi connectivity index (χ4n) is 1.94. The van der Waals surface area contributed by atoms with Crippen LogP contribution in [0.2, 0.25) is 0 Å². The first-order valence-electron chi connectivity index (χ1n) is 5.65. The van der Waals surface area contributed by atoms with Crippen LogP contribution in [0.15, 0.2) is 0 Å². The number of rotatable bonds is 1. The van der Waals surface area contributed by atoms with E-state index in [4.69, 9.17) is 0 Å². The molecule has 0 unspecified atom stereocenters. The molecule has 0 bridgehead atoms. The Labute approximate surface area is 84.2 Å². The SMILES string of the molecule is CC.CC(C)C1(C)CCCCC1.O. The lowest BCUT2D eigenvalue weighted by atomic mass is 9.69. The minimum atomic E-state index is 0. The third kappa shape index (κ3) is 4.66. The molecule has 82 valence electrons. The first kappa shape index (κ1) is 15.4. The summed E-state index contributed by atoms with van der Waals surface area (Å²) in [4.78, 5) is 0. The van der Waals surface area contributed by atoms with Crippen molar-refractivity contribution in [2.45, 2.75) is 66.7 Å². The van der Waals surface area contributed by atoms with Crippen molar-refractivity contribution >= 4 is 0 Å². The van der Waals surface area contributed by atoms with Crippen LogP contribution in [0.3, 0.4) is 0 Å². The monoisotopic (exact) mass is 188 g/mol. The normalized spacial score (nSPS) is 19.8. The smallest absolute Gasteiger partial charge is 0.0303 e. The maximum atomic E-state index is 2.46. The summed E-state index contributed by atoms with van der Waals surface area (Å²) < 4.78 is 0. The van der Waals surface area contributed by atoms with Crippen molar-refractivity contribution in [2.24, 2.45) is 11.3 Å². The van der Waals surface area contributed by atoms with E-state index in [1.54, 1.807) is 0 Å². The summed E-state index contributed by atoms with van der Waals surface area (Å²) >= 11 is 0. The highest BCUT2D eigenvalue weighted by Crippen LogP contribution is 2.41. The summed E-state index contributed by atoms with van der Waals surface area (Å²) in [6.45, 7) is 11.2. The number of hydrogen-bond acceptors (Lipinski definition) is 0. The van der Waals surface area contributed by atoms with Crippen molar-refractivity contribution in [3.63, 3.8) is 0 Å². The van der Waals surface area contributed by atoms with Gasteiger partial charge in [0.1, 0.15) is 0 Å². The number of hydrogen-bond donors (Lipinski definition) is 0. The Balaban J connectivity index is 0. The van der Waals surface area contributed by atoms with Gasteiger partial charge in [-0.1, -0.05) is 53.9 Å². The predicted octanol–water partition coefficient (Wildman–Crippen LogP) is 3.81. The molecule has 0 aromatic rings. The fourth-order valence-corrected chi connectivity index (χ4v) is 1.94. The van der Waals surface area contributed by atoms with Crippen molar-refractivity contribution in [2.75, 3.05) is 0 Å². The van der Waals surface area contributed by atoms with E-state index in [0.717, 1.165) is 5.92 Å². The molecule has 1 fully saturated rings. The minimum Gasteiger partial charge on any atom is -0.412 e. The van der Waals surface area contributed by atoms with Crippen LogP contribution in [0.4, 0.5) is 0 Å². The van der Waals surface area contributed by atoms with Crippen LogP contribution in [0.25, 0.3) is 0 Å². The van der Waals surface area contributed by atoms with E-state index in [1.807, 2.05) is 13.8 Å². The highest BCUT2D eigenvalue weighted by atomic mass is 16.0. The Hall–Kier alpha value is -0.0400. The maximum Gasteiger partial charge on any atom is -0.0303 e. The van der Waals surface area contributed by atoms with Gasteiger partial charge in [0.25, 0.3) is 0 Å². The molecule has 13 heavy (non-hydrogen) atoms. The summed E-state index contributed by atoms with van der Waals surface area (Å²) in [5, 5.41) is 0. The molecule has 1 aliphatic carbocycles. The quantitative estimate of drug-likeness (QED) is 0.599. The van der Waals surface area contributed by atoms with Crippen LogP contribution >= 0.6 is 0 Å². The molecule has 1 rings (SSSR count). The Morgan fingerprint density at radius 3 is 1.54 bits per heavy atom. The first-order valence-corrected chi connectivity index (χ1v) is 5.65. The van der Waals surface area contributed by atoms with Gasteiger partial charge in [-0.3, -0.25) is 0 Å². The van der Waals surface area contributed by atoms with Crippen molar-refractivity contribution in [1.82, 2.24) is 0 Å². The van der Waals surface area contributed by atoms with E-state index in [9.17, 15) is 0 Å². The Bertz CT molecular complexity index is 102. The second-order valence-corrected chi connectivity index (χ2v) is 4.37. The molecular formula is C12H28O. The fraction of sp³-hybridized carbons (Fsp3) is 1.00. The average Bonchev–Trinajstić information content (AvgIpc) is 2.09. The molecule has 0 aromatic carbocycles. The molecule has 1 saturated carbocycles. The first-order chi connectivity index (χ1) is 5.65. The van der Waals surface area contributed by atoms with Crippen LogP contribution in [-0.4, -0.2) is 5.48 Å². The molecule has 0 atom stereocenters. The molecule has 0 saturated heterocycles. The van der Waals surface area contributed by atoms with E-state index < -0.39 is 0 Å². The Kier molecular flexibility index (Phi) is 8.75. The zero-order valence-electron chi connectivity index (χ0n) is 10.1. The highest BCUT2D eigenvalue weighted by molar-refractivity contribution is 4.80. The molecule has 1 nitrogen and oxygen atoms in total. The molecular weight excluding hydrogens is 160 g/mol. The lowest BCUT2D eigenvalue weighted by Gasteiger charge is -2.37. The summed E-state index contributed by atoms with van der Waals surface area (Å²) in [5.74, 6) is 0.882. The summed E-state index contributed by atoms with van der Waals surface area (Å²) in [6, 6.07) is 0. The summed E-state index contributed by atoms with van der Waals surface area (Å²) in [7, 11) is 0. The van der Waals surface area contributed by atoms with E-state index >= 15 is 0 Å². The van der Waals surface area contributed by atoms with E-state index in [0.29, 0.717) is 5.41 Å². The van der Waals surface area contributed by atoms with Crippen LogP contribution in [0.5, 0.6) is 0 Å². The minimum absolute atomic E-state index is 0. The molecule has 0 aliphatic heterocycles. The van der Waals surface area contributed by atoms with Gasteiger partial charge in [0.05, 0.1) is 0 Å². The summed E-state index contributed by atoms with van der Waals surface area (Å²) in [6.07, 6.45) is 7.33. The highest BCUT2D eigenvalue weighted by Gasteiger charge is 2.29. The van der Waals surface area contributed by atoms with Gasteiger partial charge < -0.3 is 5.48 Å². The lowest BCUT2D eigenvalue weighted by Crippen LogP contribution is -2.25. The van der Waals surface area contributed by atoms with Crippen LogP contribution in [0, 0.1) is 11.3 Å². The van der Waals surface area contributed by atoms with Gasteiger partial charge in [0.15, 0.2) is 0 Å². The molecule has 0 aromatic heterocycles. The zero-order valence-corrected chi connectivity index (χ0v) is 10.1. The topological polar surface area (TPSA) is 31.5 Å². The molecule has 0 spiro atoms. The summed E-state index contributed by atoms with van der Waals surface area (Å²) in [5.41, 5.74) is 0.679. The standard InChI is InChI=1S/C10H20.C2H6.H2O/c1-9(2)10(3)7-5-4-6-8-10;1-2;/h9H,4-8H2,1-3H3;1-2H3;1H2. The van der Waals surface area contributed by atoms with Crippen molar-refractivity contribution in [3.05, 3.63) is 0 Å². The molecule has 1 aliphatic rings. The molecule has 1 heteroatoms. The maximum absolute atomic E-state index is 2.46. The van der Waals surface area contributed by atoms with Crippen LogP contribution in [-0.2, 0) is 0 Å². The predicted molar refractivity (Wildman–Crippen MR) is 61.0 cm³/mol. The van der Waals surface area contributed by atoms with Gasteiger partial charge in [0.2, 0.25) is 0 Å². The van der Waals surface area contributed by atoms with E-state index in [2.05, 4.69) is 20.8 Å². The second kappa shape index (κ2) is 7.37. The molecule has 2 N–H and O–H groups in total. The zero-order chi connectivity index (χ0) is 9.61. The third-order valence-electron chi connectivity index (χ3n) is 3.39. The Morgan fingerprint density at radius 2 is 1.31 bits per heavy atom. The van der Waals surface area contributed by atoms with E-state index in [-0.39, 0.29) is 5.48 Å². The van der Waals surface area contributed by atoms with Gasteiger partial charge in [-0.15, -0.1) is 0 Å². The van der Waals surface area contributed by atoms with Crippen molar-refractivity contribution in [3.8, 4) is 0 Å². The van der Waals surface area contributed by atoms with Gasteiger partial charge in [-0.25, -0.2) is 0 Å². The van der Waals surface area contributed by atoms with Gasteiger partial charge >= 0.3 is 0 Å². The van der Waals surface area contributed by atoms with Crippen molar-refractivity contribution in [1.29, 1.82) is 0 Å². The molecule has 0 radical (unpaired) electrons. The average molecular weight is 188 g/mol. The molecule has 0 amide bonds. The Morgan fingerprint density at radius 1 is 0.923 bits per heavy atom. The van der Waals surface area contributed by atoms with Crippen LogP contribution in [0.1, 0.15) is 66.7 Å². The third-order valence-corrected chi connectivity index (χ3v) is 3.39. The van der Waals surface area contributed by atoms with Gasteiger partial charge in [-0.2, -0.15) is 0 Å². The van der Waals surface area contributed by atoms with Crippen molar-refractivity contribution < 1.29 is 5.48 Å². The lowest BCUT2D eigenvalue weighted by molar-refractivity contribution is 0.143. The van der Waals surface area contributed by atoms with Gasteiger partial charge in [0, 0.05) is 0 Å². The van der Waals surface area contributed by atoms with E-state index in [1.165, 1.54) is 32.1 Å². The largest absolute Gasteiger partial charge is 0.412 e. The van der Waals surface area contributed by atoms with Crippen LogP contribution < -0.4 is 0 Å². The molecule has 0 heterocycles. The second-order valence-electron chi connectivity index (χ2n) is 4.37. The van der Waals surface area contributed by atoms with Gasteiger partial charge in [-0.05, 0) is 24.2 Å².